The van der Waals surface area contributed by atoms with Gasteiger partial charge in [0.15, 0.2) is 5.78 Å². The number of hydrogen-bond acceptors (Lipinski definition) is 2. The smallest absolute Gasteiger partial charge is 0.168 e. The van der Waals surface area contributed by atoms with E-state index in [4.69, 9.17) is 23.2 Å². The molecular formula is C10H12Cl2OS. The van der Waals surface area contributed by atoms with Crippen LogP contribution in [0.5, 0.6) is 0 Å². The third-order valence-electron chi connectivity index (χ3n) is 2.28. The zero-order valence-electron chi connectivity index (χ0n) is 8.14. The topological polar surface area (TPSA) is 17.1 Å². The van der Waals surface area contributed by atoms with E-state index < -0.39 is 0 Å². The molecule has 0 unspecified atom stereocenters. The van der Waals surface area contributed by atoms with Crippen molar-refractivity contribution in [2.75, 3.05) is 0 Å². The normalized spacial score (nSPS) is 10.9. The lowest BCUT2D eigenvalue weighted by molar-refractivity contribution is 0.0914. The lowest BCUT2D eigenvalue weighted by Gasteiger charge is -2.09. The monoisotopic (exact) mass is 250 g/mol. The van der Waals surface area contributed by atoms with Crippen molar-refractivity contribution in [2.24, 2.45) is 5.92 Å². The number of Topliss-reactive ketones (excluding diaryl/α,β-unsaturated/α-hetero) is 1. The molecule has 0 aliphatic carbocycles. The summed E-state index contributed by atoms with van der Waals surface area (Å²) in [5.74, 6) is 0.182. The van der Waals surface area contributed by atoms with Crippen LogP contribution < -0.4 is 0 Å². The van der Waals surface area contributed by atoms with Crippen molar-refractivity contribution in [2.45, 2.75) is 26.7 Å². The zero-order chi connectivity index (χ0) is 10.7. The van der Waals surface area contributed by atoms with Gasteiger partial charge in [0.2, 0.25) is 0 Å². The van der Waals surface area contributed by atoms with E-state index in [1.165, 1.54) is 11.3 Å². The average molecular weight is 251 g/mol. The molecule has 0 saturated carbocycles. The Morgan fingerprint density at radius 2 is 2.00 bits per heavy atom. The molecule has 14 heavy (non-hydrogen) atoms. The first-order valence-electron chi connectivity index (χ1n) is 4.59. The highest BCUT2D eigenvalue weighted by Crippen LogP contribution is 2.33. The summed E-state index contributed by atoms with van der Waals surface area (Å²) < 4.78 is 1.08. The van der Waals surface area contributed by atoms with Gasteiger partial charge in [-0.25, -0.2) is 0 Å². The first kappa shape index (κ1) is 12.0. The van der Waals surface area contributed by atoms with Crippen LogP contribution in [-0.4, -0.2) is 5.78 Å². The molecule has 0 atom stereocenters. The predicted octanol–water partition coefficient (Wildman–Crippen LogP) is 4.67. The number of hydrogen-bond donors (Lipinski definition) is 0. The molecule has 0 N–H and O–H groups in total. The Hall–Kier alpha value is -0.0500. The summed E-state index contributed by atoms with van der Waals surface area (Å²) in [4.78, 5) is 11.9. The Bertz CT molecular complexity index is 329. The van der Waals surface area contributed by atoms with E-state index in [0.717, 1.165) is 12.8 Å². The van der Waals surface area contributed by atoms with Crippen LogP contribution in [0.15, 0.2) is 6.07 Å². The maximum absolute atomic E-state index is 11.9. The van der Waals surface area contributed by atoms with Gasteiger partial charge >= 0.3 is 0 Å². The van der Waals surface area contributed by atoms with Gasteiger partial charge in [-0.2, -0.15) is 0 Å². The largest absolute Gasteiger partial charge is 0.294 e. The first-order valence-corrected chi connectivity index (χ1v) is 6.16. The molecule has 0 saturated heterocycles. The van der Waals surface area contributed by atoms with Gasteiger partial charge in [0.1, 0.15) is 4.34 Å². The molecule has 4 heteroatoms. The summed E-state index contributed by atoms with van der Waals surface area (Å²) in [5, 5.41) is 0. The van der Waals surface area contributed by atoms with Gasteiger partial charge in [0, 0.05) is 11.5 Å². The molecule has 1 heterocycles. The molecule has 78 valence electrons. The molecule has 0 radical (unpaired) electrons. The average Bonchev–Trinajstić information content (AvgIpc) is 2.47. The summed E-state index contributed by atoms with van der Waals surface area (Å²) in [5.41, 5.74) is 0.579. The van der Waals surface area contributed by atoms with Crippen LogP contribution in [0.1, 0.15) is 37.0 Å². The van der Waals surface area contributed by atoms with Crippen LogP contribution >= 0.6 is 34.5 Å². The van der Waals surface area contributed by atoms with Gasteiger partial charge in [-0.15, -0.1) is 11.3 Å². The van der Waals surface area contributed by atoms with E-state index in [1.54, 1.807) is 6.07 Å². The van der Waals surface area contributed by atoms with Crippen LogP contribution in [-0.2, 0) is 0 Å². The predicted molar refractivity (Wildman–Crippen MR) is 62.7 cm³/mol. The molecule has 1 rings (SSSR count). The minimum atomic E-state index is 0.0677. The number of rotatable bonds is 4. The van der Waals surface area contributed by atoms with Gasteiger partial charge < -0.3 is 0 Å². The van der Waals surface area contributed by atoms with Crippen molar-refractivity contribution in [1.82, 2.24) is 0 Å². The van der Waals surface area contributed by atoms with Crippen LogP contribution in [0.4, 0.5) is 0 Å². The van der Waals surface area contributed by atoms with Crippen LogP contribution in [0.3, 0.4) is 0 Å². The van der Waals surface area contributed by atoms with Gasteiger partial charge in [0.05, 0.1) is 4.34 Å². The van der Waals surface area contributed by atoms with Crippen molar-refractivity contribution in [3.05, 3.63) is 20.3 Å². The number of ketones is 1. The third-order valence-corrected chi connectivity index (χ3v) is 3.77. The van der Waals surface area contributed by atoms with Gasteiger partial charge in [0.25, 0.3) is 0 Å². The Morgan fingerprint density at radius 3 is 2.36 bits per heavy atom. The second-order valence-corrected chi connectivity index (χ2v) is 5.40. The second kappa shape index (κ2) is 5.15. The van der Waals surface area contributed by atoms with E-state index in [1.807, 2.05) is 13.8 Å². The number of halogens is 2. The molecule has 1 nitrogen and oxygen atoms in total. The Kier molecular flexibility index (Phi) is 4.42. The zero-order valence-corrected chi connectivity index (χ0v) is 10.5. The van der Waals surface area contributed by atoms with E-state index in [2.05, 4.69) is 0 Å². The Labute approximate surface area is 98.0 Å². The molecule has 0 spiro atoms. The van der Waals surface area contributed by atoms with Crippen molar-refractivity contribution in [1.29, 1.82) is 0 Å². The summed E-state index contributed by atoms with van der Waals surface area (Å²) in [7, 11) is 0. The van der Waals surface area contributed by atoms with Gasteiger partial charge in [-0.1, -0.05) is 37.0 Å². The quantitative estimate of drug-likeness (QED) is 0.710. The minimum Gasteiger partial charge on any atom is -0.294 e. The summed E-state index contributed by atoms with van der Waals surface area (Å²) in [6, 6.07) is 1.66. The second-order valence-electron chi connectivity index (χ2n) is 3.12. The number of thiophene rings is 1. The fourth-order valence-corrected chi connectivity index (χ4v) is 2.86. The number of carbonyl (C=O) groups is 1. The lowest BCUT2D eigenvalue weighted by Crippen LogP contribution is -2.12. The lowest BCUT2D eigenvalue weighted by atomic mass is 9.95. The van der Waals surface area contributed by atoms with Crippen molar-refractivity contribution < 1.29 is 4.79 Å². The highest BCUT2D eigenvalue weighted by atomic mass is 35.5. The van der Waals surface area contributed by atoms with Crippen LogP contribution in [0, 0.1) is 5.92 Å². The first-order chi connectivity index (χ1) is 6.60. The summed E-state index contributed by atoms with van der Waals surface area (Å²) >= 11 is 12.9. The van der Waals surface area contributed by atoms with Crippen molar-refractivity contribution in [3.63, 3.8) is 0 Å². The molecule has 0 amide bonds. The molecule has 0 bridgehead atoms. The molecule has 1 aromatic heterocycles. The maximum atomic E-state index is 11.9. The minimum absolute atomic E-state index is 0.0677. The van der Waals surface area contributed by atoms with Crippen LogP contribution in [0.2, 0.25) is 8.67 Å². The Morgan fingerprint density at radius 1 is 1.43 bits per heavy atom. The van der Waals surface area contributed by atoms with Crippen molar-refractivity contribution >= 4 is 40.3 Å². The molecule has 0 fully saturated rings. The highest BCUT2D eigenvalue weighted by molar-refractivity contribution is 7.20. The molecule has 0 aliphatic rings. The number of carbonyl (C=O) groups excluding carboxylic acids is 1. The van der Waals surface area contributed by atoms with Gasteiger partial charge in [-0.05, 0) is 18.9 Å². The molecule has 1 aromatic rings. The molecular weight excluding hydrogens is 239 g/mol. The molecule has 0 aliphatic heterocycles. The van der Waals surface area contributed by atoms with E-state index >= 15 is 0 Å². The fourth-order valence-electron chi connectivity index (χ4n) is 1.39. The maximum Gasteiger partial charge on any atom is 0.168 e. The molecule has 0 aromatic carbocycles. The van der Waals surface area contributed by atoms with E-state index in [0.29, 0.717) is 14.2 Å². The van der Waals surface area contributed by atoms with Crippen molar-refractivity contribution in [3.8, 4) is 0 Å². The van der Waals surface area contributed by atoms with E-state index in [-0.39, 0.29) is 11.7 Å². The standard InChI is InChI=1S/C10H12Cl2OS/c1-3-6(4-2)9(13)7-5-8(11)14-10(7)12/h5-6H,3-4H2,1-2H3. The fraction of sp³-hybridized carbons (Fsp3) is 0.500. The van der Waals surface area contributed by atoms with E-state index in [9.17, 15) is 4.79 Å². The summed E-state index contributed by atoms with van der Waals surface area (Å²) in [6.07, 6.45) is 1.69. The summed E-state index contributed by atoms with van der Waals surface area (Å²) in [6.45, 7) is 4.02. The SMILES string of the molecule is CCC(CC)C(=O)c1cc(Cl)sc1Cl. The van der Waals surface area contributed by atoms with Gasteiger partial charge in [-0.3, -0.25) is 4.79 Å². The Balaban J connectivity index is 2.93. The highest BCUT2D eigenvalue weighted by Gasteiger charge is 2.20. The van der Waals surface area contributed by atoms with Crippen LogP contribution in [0.25, 0.3) is 0 Å². The third kappa shape index (κ3) is 2.50.